The summed E-state index contributed by atoms with van der Waals surface area (Å²) in [4.78, 5) is 15.9. The van der Waals surface area contributed by atoms with Crippen molar-refractivity contribution in [1.29, 1.82) is 0 Å². The van der Waals surface area contributed by atoms with Crippen molar-refractivity contribution < 1.29 is 22.7 Å². The van der Waals surface area contributed by atoms with Crippen molar-refractivity contribution in [3.8, 4) is 0 Å². The summed E-state index contributed by atoms with van der Waals surface area (Å²) in [6, 6.07) is 3.12. The van der Waals surface area contributed by atoms with Crippen LogP contribution in [0.1, 0.15) is 13.8 Å². The molecule has 0 aromatic carbocycles. The highest BCUT2D eigenvalue weighted by atomic mass is 32.2. The van der Waals surface area contributed by atoms with Gasteiger partial charge in [-0.25, -0.2) is 13.4 Å². The van der Waals surface area contributed by atoms with Crippen LogP contribution in [0.5, 0.6) is 0 Å². The number of ether oxygens (including phenoxy) is 2. The summed E-state index contributed by atoms with van der Waals surface area (Å²) < 4.78 is 36.4. The average Bonchev–Trinajstić information content (AvgIpc) is 2.56. The van der Waals surface area contributed by atoms with E-state index < -0.39 is 15.3 Å². The SMILES string of the molecule is CCOC(=O)[C@@H](C)Sc1ccc(S(=O)(=O)N2CCOCC2)cn1. The maximum atomic E-state index is 12.5. The molecule has 0 aliphatic carbocycles. The van der Waals surface area contributed by atoms with Gasteiger partial charge >= 0.3 is 5.97 Å². The number of carbonyl (C=O) groups is 1. The molecule has 0 bridgehead atoms. The first-order valence-electron chi connectivity index (χ1n) is 7.32. The second-order valence-electron chi connectivity index (χ2n) is 4.86. The van der Waals surface area contributed by atoms with E-state index in [9.17, 15) is 13.2 Å². The molecule has 0 radical (unpaired) electrons. The molecule has 1 fully saturated rings. The molecule has 1 saturated heterocycles. The predicted molar refractivity (Wildman–Crippen MR) is 85.8 cm³/mol. The third-order valence-electron chi connectivity index (χ3n) is 3.23. The Kier molecular flexibility index (Phi) is 6.40. The Morgan fingerprint density at radius 1 is 1.43 bits per heavy atom. The first kappa shape index (κ1) is 18.2. The predicted octanol–water partition coefficient (Wildman–Crippen LogP) is 1.15. The van der Waals surface area contributed by atoms with E-state index >= 15 is 0 Å². The molecule has 2 rings (SSSR count). The molecule has 9 heteroatoms. The summed E-state index contributed by atoms with van der Waals surface area (Å²) in [6.07, 6.45) is 1.32. The minimum atomic E-state index is -3.54. The fourth-order valence-corrected chi connectivity index (χ4v) is 4.15. The summed E-state index contributed by atoms with van der Waals surface area (Å²) in [5.41, 5.74) is 0. The Morgan fingerprint density at radius 2 is 2.13 bits per heavy atom. The van der Waals surface area contributed by atoms with Crippen LogP contribution in [0, 0.1) is 0 Å². The lowest BCUT2D eigenvalue weighted by Gasteiger charge is -2.25. The molecule has 0 N–H and O–H groups in total. The van der Waals surface area contributed by atoms with Crippen molar-refractivity contribution in [3.05, 3.63) is 18.3 Å². The van der Waals surface area contributed by atoms with E-state index in [4.69, 9.17) is 9.47 Å². The molecule has 7 nitrogen and oxygen atoms in total. The van der Waals surface area contributed by atoms with Crippen LogP contribution in [0.4, 0.5) is 0 Å². The minimum absolute atomic E-state index is 0.146. The smallest absolute Gasteiger partial charge is 0.319 e. The van der Waals surface area contributed by atoms with Crippen LogP contribution in [-0.2, 0) is 24.3 Å². The molecular formula is C14H20N2O5S2. The maximum Gasteiger partial charge on any atom is 0.319 e. The van der Waals surface area contributed by atoms with Crippen molar-refractivity contribution in [2.24, 2.45) is 0 Å². The molecular weight excluding hydrogens is 340 g/mol. The van der Waals surface area contributed by atoms with Gasteiger partial charge in [-0.2, -0.15) is 4.31 Å². The minimum Gasteiger partial charge on any atom is -0.465 e. The van der Waals surface area contributed by atoms with Gasteiger partial charge in [0.15, 0.2) is 0 Å². The van der Waals surface area contributed by atoms with E-state index in [0.29, 0.717) is 37.9 Å². The maximum absolute atomic E-state index is 12.5. The first-order valence-corrected chi connectivity index (χ1v) is 9.64. The van der Waals surface area contributed by atoms with Crippen LogP contribution in [0.3, 0.4) is 0 Å². The lowest BCUT2D eigenvalue weighted by molar-refractivity contribution is -0.142. The average molecular weight is 360 g/mol. The highest BCUT2D eigenvalue weighted by Crippen LogP contribution is 2.24. The van der Waals surface area contributed by atoms with Crippen molar-refractivity contribution in [2.45, 2.75) is 29.0 Å². The normalized spacial score (nSPS) is 17.7. The lowest BCUT2D eigenvalue weighted by atomic mass is 10.5. The lowest BCUT2D eigenvalue weighted by Crippen LogP contribution is -2.40. The zero-order valence-corrected chi connectivity index (χ0v) is 14.7. The number of hydrogen-bond donors (Lipinski definition) is 0. The van der Waals surface area contributed by atoms with Crippen LogP contribution >= 0.6 is 11.8 Å². The Morgan fingerprint density at radius 3 is 2.70 bits per heavy atom. The monoisotopic (exact) mass is 360 g/mol. The molecule has 128 valence electrons. The largest absolute Gasteiger partial charge is 0.465 e. The van der Waals surface area contributed by atoms with Crippen LogP contribution in [-0.4, -0.2) is 61.8 Å². The Balaban J connectivity index is 2.05. The van der Waals surface area contributed by atoms with Gasteiger partial charge in [0.2, 0.25) is 10.0 Å². The molecule has 2 heterocycles. The zero-order chi connectivity index (χ0) is 16.9. The Hall–Kier alpha value is -1.16. The third kappa shape index (κ3) is 4.66. The highest BCUT2D eigenvalue weighted by molar-refractivity contribution is 8.00. The van der Waals surface area contributed by atoms with Crippen molar-refractivity contribution >= 4 is 27.8 Å². The number of morpholine rings is 1. The quantitative estimate of drug-likeness (QED) is 0.555. The number of pyridine rings is 1. The van der Waals surface area contributed by atoms with Gasteiger partial charge in [-0.15, -0.1) is 0 Å². The number of thioether (sulfide) groups is 1. The Bertz CT molecular complexity index is 627. The second kappa shape index (κ2) is 8.09. The van der Waals surface area contributed by atoms with E-state index in [1.54, 1.807) is 19.9 Å². The molecule has 23 heavy (non-hydrogen) atoms. The number of carbonyl (C=O) groups excluding carboxylic acids is 1. The number of esters is 1. The summed E-state index contributed by atoms with van der Waals surface area (Å²) in [6.45, 7) is 5.29. The van der Waals surface area contributed by atoms with Gasteiger partial charge < -0.3 is 9.47 Å². The van der Waals surface area contributed by atoms with Gasteiger partial charge in [0.1, 0.15) is 10.1 Å². The van der Waals surface area contributed by atoms with E-state index in [1.165, 1.54) is 28.3 Å². The molecule has 1 atom stereocenters. The molecule has 1 aliphatic rings. The van der Waals surface area contributed by atoms with Crippen molar-refractivity contribution in [1.82, 2.24) is 9.29 Å². The highest BCUT2D eigenvalue weighted by Gasteiger charge is 2.26. The van der Waals surface area contributed by atoms with Gasteiger partial charge in [0.25, 0.3) is 0 Å². The molecule has 0 unspecified atom stereocenters. The van der Waals surface area contributed by atoms with Gasteiger partial charge in [-0.05, 0) is 26.0 Å². The fourth-order valence-electron chi connectivity index (χ4n) is 2.01. The molecule has 1 aliphatic heterocycles. The van der Waals surface area contributed by atoms with E-state index in [-0.39, 0.29) is 10.9 Å². The van der Waals surface area contributed by atoms with Gasteiger partial charge in [-0.1, -0.05) is 11.8 Å². The molecule has 1 aromatic rings. The third-order valence-corrected chi connectivity index (χ3v) is 6.14. The number of nitrogens with zero attached hydrogens (tertiary/aromatic N) is 2. The van der Waals surface area contributed by atoms with Gasteiger partial charge in [0, 0.05) is 19.3 Å². The first-order chi connectivity index (χ1) is 10.9. The van der Waals surface area contributed by atoms with Gasteiger partial charge in [-0.3, -0.25) is 4.79 Å². The standard InChI is InChI=1S/C14H20N2O5S2/c1-3-21-14(17)11(2)22-13-5-4-12(10-15-13)23(18,19)16-6-8-20-9-7-16/h4-5,10-11H,3,6-9H2,1-2H3/t11-/m1/s1. The van der Waals surface area contributed by atoms with Crippen LogP contribution in [0.2, 0.25) is 0 Å². The number of hydrogen-bond acceptors (Lipinski definition) is 7. The second-order valence-corrected chi connectivity index (χ2v) is 8.16. The van der Waals surface area contributed by atoms with Crippen LogP contribution in [0.25, 0.3) is 0 Å². The topological polar surface area (TPSA) is 85.8 Å². The Labute approximate surface area is 140 Å². The fraction of sp³-hybridized carbons (Fsp3) is 0.571. The summed E-state index contributed by atoms with van der Waals surface area (Å²) in [7, 11) is -3.54. The van der Waals surface area contributed by atoms with Crippen LogP contribution < -0.4 is 0 Å². The number of sulfonamides is 1. The molecule has 0 spiro atoms. The number of aromatic nitrogens is 1. The number of rotatable bonds is 6. The molecule has 0 saturated carbocycles. The summed E-state index contributed by atoms with van der Waals surface area (Å²) in [5, 5.41) is 0.177. The van der Waals surface area contributed by atoms with E-state index in [1.807, 2.05) is 0 Å². The van der Waals surface area contributed by atoms with Gasteiger partial charge in [0.05, 0.1) is 24.8 Å². The van der Waals surface area contributed by atoms with Crippen molar-refractivity contribution in [3.63, 3.8) is 0 Å². The van der Waals surface area contributed by atoms with Crippen molar-refractivity contribution in [2.75, 3.05) is 32.9 Å². The summed E-state index contributed by atoms with van der Waals surface area (Å²) in [5.74, 6) is -0.315. The van der Waals surface area contributed by atoms with E-state index in [0.717, 1.165) is 0 Å². The van der Waals surface area contributed by atoms with Crippen LogP contribution in [0.15, 0.2) is 28.3 Å². The zero-order valence-electron chi connectivity index (χ0n) is 13.1. The van der Waals surface area contributed by atoms with E-state index in [2.05, 4.69) is 4.98 Å². The molecule has 1 aromatic heterocycles. The molecule has 0 amide bonds. The summed E-state index contributed by atoms with van der Waals surface area (Å²) >= 11 is 1.23.